The van der Waals surface area contributed by atoms with Gasteiger partial charge in [0.25, 0.3) is 0 Å². The number of rotatable bonds is 11. The summed E-state index contributed by atoms with van der Waals surface area (Å²) < 4.78 is 0. The van der Waals surface area contributed by atoms with E-state index in [0.717, 1.165) is 13.1 Å². The summed E-state index contributed by atoms with van der Waals surface area (Å²) in [5.41, 5.74) is 5.71. The third kappa shape index (κ3) is 7.66. The van der Waals surface area contributed by atoms with Crippen LogP contribution in [0.25, 0.3) is 0 Å². The zero-order chi connectivity index (χ0) is 15.5. The van der Waals surface area contributed by atoms with E-state index in [0.29, 0.717) is 0 Å². The maximum atomic E-state index is 3.61. The SMILES string of the molecule is CCCCCCCCCCNCc1c(C)cc(C)cc1C. The Kier molecular flexibility index (Phi) is 9.41. The fourth-order valence-corrected chi connectivity index (χ4v) is 3.09. The molecule has 21 heavy (non-hydrogen) atoms. The van der Waals surface area contributed by atoms with Gasteiger partial charge in [0.1, 0.15) is 0 Å². The van der Waals surface area contributed by atoms with Gasteiger partial charge in [-0.25, -0.2) is 0 Å². The van der Waals surface area contributed by atoms with E-state index in [1.165, 1.54) is 73.6 Å². The molecule has 0 saturated carbocycles. The molecule has 1 N–H and O–H groups in total. The number of aryl methyl sites for hydroxylation is 3. The van der Waals surface area contributed by atoms with Gasteiger partial charge in [0.2, 0.25) is 0 Å². The molecule has 0 saturated heterocycles. The normalized spacial score (nSPS) is 11.0. The molecule has 0 aliphatic rings. The summed E-state index contributed by atoms with van der Waals surface area (Å²) in [5.74, 6) is 0. The Morgan fingerprint density at radius 1 is 0.762 bits per heavy atom. The average molecular weight is 290 g/mol. The van der Waals surface area contributed by atoms with E-state index in [-0.39, 0.29) is 0 Å². The highest BCUT2D eigenvalue weighted by Gasteiger charge is 2.03. The monoisotopic (exact) mass is 289 g/mol. The van der Waals surface area contributed by atoms with Crippen molar-refractivity contribution in [3.8, 4) is 0 Å². The van der Waals surface area contributed by atoms with E-state index in [1.807, 2.05) is 0 Å². The molecule has 0 radical (unpaired) electrons. The van der Waals surface area contributed by atoms with Crippen molar-refractivity contribution < 1.29 is 0 Å². The predicted octanol–water partition coefficient (Wildman–Crippen LogP) is 5.84. The van der Waals surface area contributed by atoms with Crippen molar-refractivity contribution in [3.05, 3.63) is 34.4 Å². The molecule has 1 nitrogen and oxygen atoms in total. The first kappa shape index (κ1) is 18.2. The van der Waals surface area contributed by atoms with Crippen LogP contribution >= 0.6 is 0 Å². The lowest BCUT2D eigenvalue weighted by molar-refractivity contribution is 0.554. The first-order chi connectivity index (χ1) is 10.1. The molecule has 0 amide bonds. The Morgan fingerprint density at radius 3 is 1.86 bits per heavy atom. The highest BCUT2D eigenvalue weighted by Crippen LogP contribution is 2.16. The lowest BCUT2D eigenvalue weighted by Gasteiger charge is -2.12. The molecule has 1 rings (SSSR count). The Labute approximate surface area is 132 Å². The highest BCUT2D eigenvalue weighted by atomic mass is 14.8. The maximum absolute atomic E-state index is 3.61. The van der Waals surface area contributed by atoms with Crippen LogP contribution in [-0.2, 0) is 6.54 Å². The van der Waals surface area contributed by atoms with Crippen molar-refractivity contribution in [2.75, 3.05) is 6.54 Å². The van der Waals surface area contributed by atoms with Gasteiger partial charge in [-0.1, -0.05) is 69.6 Å². The minimum Gasteiger partial charge on any atom is -0.313 e. The van der Waals surface area contributed by atoms with Crippen LogP contribution in [0.4, 0.5) is 0 Å². The van der Waals surface area contributed by atoms with Crippen LogP contribution in [0.15, 0.2) is 12.1 Å². The van der Waals surface area contributed by atoms with Crippen LogP contribution in [0.5, 0.6) is 0 Å². The van der Waals surface area contributed by atoms with Crippen molar-refractivity contribution in [2.24, 2.45) is 0 Å². The molecule has 0 aliphatic heterocycles. The van der Waals surface area contributed by atoms with Gasteiger partial charge in [0, 0.05) is 6.54 Å². The standard InChI is InChI=1S/C20H35N/c1-5-6-7-8-9-10-11-12-13-21-16-20-18(3)14-17(2)15-19(20)4/h14-15,21H,5-13,16H2,1-4H3. The minimum absolute atomic E-state index is 1.02. The Hall–Kier alpha value is -0.820. The fourth-order valence-electron chi connectivity index (χ4n) is 3.09. The molecule has 0 unspecified atom stereocenters. The Morgan fingerprint density at radius 2 is 1.29 bits per heavy atom. The van der Waals surface area contributed by atoms with E-state index in [1.54, 1.807) is 0 Å². The van der Waals surface area contributed by atoms with E-state index in [2.05, 4.69) is 45.1 Å². The quantitative estimate of drug-likeness (QED) is 0.504. The van der Waals surface area contributed by atoms with Gasteiger partial charge in [-0.15, -0.1) is 0 Å². The summed E-state index contributed by atoms with van der Waals surface area (Å²) in [6.07, 6.45) is 11.2. The molecule has 0 heterocycles. The smallest absolute Gasteiger partial charge is 0.0210 e. The van der Waals surface area contributed by atoms with Crippen LogP contribution in [0.2, 0.25) is 0 Å². The number of benzene rings is 1. The Balaban J connectivity index is 2.07. The molecule has 0 bridgehead atoms. The third-order valence-corrected chi connectivity index (χ3v) is 4.35. The largest absolute Gasteiger partial charge is 0.313 e. The summed E-state index contributed by atoms with van der Waals surface area (Å²) in [5, 5.41) is 3.61. The van der Waals surface area contributed by atoms with Crippen LogP contribution in [0, 0.1) is 20.8 Å². The molecule has 0 fully saturated rings. The van der Waals surface area contributed by atoms with E-state index >= 15 is 0 Å². The maximum Gasteiger partial charge on any atom is 0.0210 e. The fraction of sp³-hybridized carbons (Fsp3) is 0.700. The van der Waals surface area contributed by atoms with Gasteiger partial charge in [-0.3, -0.25) is 0 Å². The lowest BCUT2D eigenvalue weighted by Crippen LogP contribution is -2.16. The molecule has 0 spiro atoms. The van der Waals surface area contributed by atoms with Crippen LogP contribution in [-0.4, -0.2) is 6.54 Å². The van der Waals surface area contributed by atoms with Gasteiger partial charge < -0.3 is 5.32 Å². The molecule has 1 heteroatoms. The van der Waals surface area contributed by atoms with Gasteiger partial charge in [-0.05, 0) is 50.4 Å². The molecule has 0 aliphatic carbocycles. The van der Waals surface area contributed by atoms with Crippen molar-refractivity contribution in [1.29, 1.82) is 0 Å². The summed E-state index contributed by atoms with van der Waals surface area (Å²) in [6.45, 7) is 11.1. The summed E-state index contributed by atoms with van der Waals surface area (Å²) in [7, 11) is 0. The Bertz CT molecular complexity index is 372. The van der Waals surface area contributed by atoms with E-state index < -0.39 is 0 Å². The molecule has 1 aromatic carbocycles. The summed E-state index contributed by atoms with van der Waals surface area (Å²) in [6, 6.07) is 4.58. The molecule has 1 aromatic rings. The van der Waals surface area contributed by atoms with Gasteiger partial charge >= 0.3 is 0 Å². The second-order valence-corrected chi connectivity index (χ2v) is 6.53. The number of hydrogen-bond donors (Lipinski definition) is 1. The first-order valence-electron chi connectivity index (χ1n) is 8.92. The van der Waals surface area contributed by atoms with Crippen molar-refractivity contribution >= 4 is 0 Å². The van der Waals surface area contributed by atoms with Crippen molar-refractivity contribution in [3.63, 3.8) is 0 Å². The highest BCUT2D eigenvalue weighted by molar-refractivity contribution is 5.37. The van der Waals surface area contributed by atoms with Crippen molar-refractivity contribution in [2.45, 2.75) is 85.6 Å². The predicted molar refractivity (Wildman–Crippen MR) is 95.0 cm³/mol. The van der Waals surface area contributed by atoms with Crippen LogP contribution in [0.3, 0.4) is 0 Å². The van der Waals surface area contributed by atoms with Gasteiger partial charge in [-0.2, -0.15) is 0 Å². The molecule has 120 valence electrons. The van der Waals surface area contributed by atoms with Gasteiger partial charge in [0.05, 0.1) is 0 Å². The zero-order valence-electron chi connectivity index (χ0n) is 14.7. The minimum atomic E-state index is 1.02. The first-order valence-corrected chi connectivity index (χ1v) is 8.92. The molecular formula is C20H35N. The summed E-state index contributed by atoms with van der Waals surface area (Å²) in [4.78, 5) is 0. The second kappa shape index (κ2) is 10.8. The number of nitrogens with one attached hydrogen (secondary N) is 1. The zero-order valence-corrected chi connectivity index (χ0v) is 14.7. The van der Waals surface area contributed by atoms with E-state index in [4.69, 9.17) is 0 Å². The molecule has 0 aromatic heterocycles. The van der Waals surface area contributed by atoms with Gasteiger partial charge in [0.15, 0.2) is 0 Å². The molecular weight excluding hydrogens is 254 g/mol. The van der Waals surface area contributed by atoms with E-state index in [9.17, 15) is 0 Å². The number of unbranched alkanes of at least 4 members (excludes halogenated alkanes) is 7. The van der Waals surface area contributed by atoms with Crippen LogP contribution < -0.4 is 5.32 Å². The topological polar surface area (TPSA) is 12.0 Å². The second-order valence-electron chi connectivity index (χ2n) is 6.53. The molecule has 0 atom stereocenters. The summed E-state index contributed by atoms with van der Waals surface area (Å²) >= 11 is 0. The lowest BCUT2D eigenvalue weighted by atomic mass is 10.00. The number of hydrogen-bond acceptors (Lipinski definition) is 1. The van der Waals surface area contributed by atoms with Crippen molar-refractivity contribution in [1.82, 2.24) is 5.32 Å². The average Bonchev–Trinajstić information content (AvgIpc) is 2.43. The van der Waals surface area contributed by atoms with Crippen LogP contribution in [0.1, 0.15) is 80.5 Å². The third-order valence-electron chi connectivity index (χ3n) is 4.35.